The van der Waals surface area contributed by atoms with Gasteiger partial charge in [0, 0.05) is 27.7 Å². The van der Waals surface area contributed by atoms with Gasteiger partial charge in [0.15, 0.2) is 5.65 Å². The van der Waals surface area contributed by atoms with Gasteiger partial charge < -0.3 is 4.40 Å². The van der Waals surface area contributed by atoms with E-state index in [9.17, 15) is 13.2 Å². The van der Waals surface area contributed by atoms with Crippen LogP contribution in [0.3, 0.4) is 0 Å². The molecule has 0 amide bonds. The van der Waals surface area contributed by atoms with Crippen LogP contribution in [0.15, 0.2) is 72.9 Å². The molecule has 3 aromatic carbocycles. The largest absolute Gasteiger partial charge is 0.394 e. The topological polar surface area (TPSA) is 21.7 Å². The van der Waals surface area contributed by atoms with Gasteiger partial charge in [0.2, 0.25) is 0 Å². The third-order valence-corrected chi connectivity index (χ3v) is 7.26. The monoisotopic (exact) mass is 455 g/mol. The maximum absolute atomic E-state index is 13.6. The highest BCUT2D eigenvalue weighted by Crippen LogP contribution is 2.42. The van der Waals surface area contributed by atoms with Crippen molar-refractivity contribution in [2.75, 3.05) is 0 Å². The van der Waals surface area contributed by atoms with Crippen molar-refractivity contribution >= 4 is 54.8 Å². The molecule has 6 heteroatoms. The molecule has 4 aromatic heterocycles. The Morgan fingerprint density at radius 2 is 1.41 bits per heavy atom. The summed E-state index contributed by atoms with van der Waals surface area (Å²) in [6.07, 6.45) is -2.54. The third kappa shape index (κ3) is 2.35. The molecule has 0 aliphatic carbocycles. The fourth-order valence-corrected chi connectivity index (χ4v) is 5.53. The van der Waals surface area contributed by atoms with Crippen molar-refractivity contribution < 1.29 is 13.2 Å². The highest BCUT2D eigenvalue weighted by atomic mass is 19.4. The SMILES string of the molecule is CC(C)(Cc1ccc2c3ccnc4c3n(c2c1)c1cccc2c3ccccc3n4c21)C(F)(F)F. The smallest absolute Gasteiger partial charge is 0.304 e. The Bertz CT molecular complexity index is 1900. The number of halogens is 3. The summed E-state index contributed by atoms with van der Waals surface area (Å²) in [6, 6.07) is 22.2. The Labute approximate surface area is 192 Å². The van der Waals surface area contributed by atoms with E-state index in [0.29, 0.717) is 5.56 Å². The maximum Gasteiger partial charge on any atom is 0.394 e. The first-order chi connectivity index (χ1) is 16.3. The van der Waals surface area contributed by atoms with Gasteiger partial charge >= 0.3 is 6.18 Å². The van der Waals surface area contributed by atoms with Crippen LogP contribution in [-0.4, -0.2) is 20.0 Å². The molecule has 0 unspecified atom stereocenters. The molecule has 4 heterocycles. The van der Waals surface area contributed by atoms with Gasteiger partial charge in [-0.05, 0) is 36.2 Å². The minimum Gasteiger partial charge on any atom is -0.304 e. The van der Waals surface area contributed by atoms with Crippen molar-refractivity contribution in [1.29, 1.82) is 0 Å². The van der Waals surface area contributed by atoms with Crippen LogP contribution in [0.2, 0.25) is 0 Å². The number of pyridine rings is 1. The second-order valence-corrected chi connectivity index (χ2v) is 9.80. The zero-order valence-electron chi connectivity index (χ0n) is 18.6. The Balaban J connectivity index is 1.66. The number of alkyl halides is 3. The zero-order chi connectivity index (χ0) is 23.4. The number of hydrogen-bond donors (Lipinski definition) is 0. The van der Waals surface area contributed by atoms with Crippen LogP contribution in [0, 0.1) is 5.41 Å². The predicted molar refractivity (Wildman–Crippen MR) is 131 cm³/mol. The van der Waals surface area contributed by atoms with Crippen molar-refractivity contribution in [1.82, 2.24) is 13.8 Å². The van der Waals surface area contributed by atoms with E-state index < -0.39 is 11.6 Å². The lowest BCUT2D eigenvalue weighted by molar-refractivity contribution is -0.211. The van der Waals surface area contributed by atoms with E-state index >= 15 is 0 Å². The van der Waals surface area contributed by atoms with Crippen LogP contribution in [-0.2, 0) is 6.42 Å². The van der Waals surface area contributed by atoms with Gasteiger partial charge in [-0.25, -0.2) is 4.98 Å². The quantitative estimate of drug-likeness (QED) is 0.244. The number of nitrogens with zero attached hydrogens (tertiary/aromatic N) is 3. The molecule has 0 radical (unpaired) electrons. The second-order valence-electron chi connectivity index (χ2n) is 9.80. The Kier molecular flexibility index (Phi) is 3.58. The number of hydrogen-bond acceptors (Lipinski definition) is 1. The van der Waals surface area contributed by atoms with E-state index in [1.165, 1.54) is 13.8 Å². The fourth-order valence-electron chi connectivity index (χ4n) is 5.53. The number of aromatic nitrogens is 3. The van der Waals surface area contributed by atoms with Crippen molar-refractivity contribution in [3.63, 3.8) is 0 Å². The van der Waals surface area contributed by atoms with Gasteiger partial charge in [-0.15, -0.1) is 0 Å². The van der Waals surface area contributed by atoms with Gasteiger partial charge in [0.25, 0.3) is 0 Å². The second kappa shape index (κ2) is 6.20. The van der Waals surface area contributed by atoms with Crippen molar-refractivity contribution in [3.05, 3.63) is 78.5 Å². The summed E-state index contributed by atoms with van der Waals surface area (Å²) in [4.78, 5) is 4.79. The molecule has 168 valence electrons. The molecule has 0 atom stereocenters. The minimum absolute atomic E-state index is 0.0798. The van der Waals surface area contributed by atoms with Crippen LogP contribution in [0.1, 0.15) is 19.4 Å². The average Bonchev–Trinajstić information content (AvgIpc) is 3.31. The van der Waals surface area contributed by atoms with E-state index in [1.54, 1.807) is 0 Å². The number of benzene rings is 3. The van der Waals surface area contributed by atoms with Crippen LogP contribution in [0.25, 0.3) is 54.8 Å². The predicted octanol–water partition coefficient (Wildman–Crippen LogP) is 7.77. The molecule has 0 N–H and O–H groups in total. The summed E-state index contributed by atoms with van der Waals surface area (Å²) in [5, 5.41) is 4.34. The van der Waals surface area contributed by atoms with Gasteiger partial charge in [0.05, 0.1) is 33.0 Å². The van der Waals surface area contributed by atoms with E-state index in [0.717, 1.165) is 54.8 Å². The Hall–Kier alpha value is -3.80. The minimum atomic E-state index is -4.27. The van der Waals surface area contributed by atoms with Crippen molar-refractivity contribution in [2.24, 2.45) is 5.41 Å². The van der Waals surface area contributed by atoms with Gasteiger partial charge in [-0.3, -0.25) is 4.40 Å². The molecule has 34 heavy (non-hydrogen) atoms. The first-order valence-electron chi connectivity index (χ1n) is 11.3. The Morgan fingerprint density at radius 1 is 0.706 bits per heavy atom. The third-order valence-electron chi connectivity index (χ3n) is 7.26. The molecule has 0 aliphatic rings. The molecule has 7 rings (SSSR count). The molecule has 0 saturated heterocycles. The molecule has 7 aromatic rings. The van der Waals surface area contributed by atoms with E-state index in [-0.39, 0.29) is 6.42 Å². The van der Waals surface area contributed by atoms with Gasteiger partial charge in [0.1, 0.15) is 0 Å². The maximum atomic E-state index is 13.6. The van der Waals surface area contributed by atoms with Crippen molar-refractivity contribution in [2.45, 2.75) is 26.4 Å². The first-order valence-corrected chi connectivity index (χ1v) is 11.3. The molecule has 0 spiro atoms. The normalized spacial score (nSPS) is 13.6. The van der Waals surface area contributed by atoms with E-state index in [4.69, 9.17) is 4.98 Å². The summed E-state index contributed by atoms with van der Waals surface area (Å²) in [5.74, 6) is 0. The van der Waals surface area contributed by atoms with Gasteiger partial charge in [-0.2, -0.15) is 13.2 Å². The van der Waals surface area contributed by atoms with Gasteiger partial charge in [-0.1, -0.05) is 56.3 Å². The number of rotatable bonds is 2. The van der Waals surface area contributed by atoms with Crippen LogP contribution in [0.5, 0.6) is 0 Å². The first kappa shape index (κ1) is 19.6. The lowest BCUT2D eigenvalue weighted by atomic mass is 9.85. The summed E-state index contributed by atoms with van der Waals surface area (Å²) in [7, 11) is 0. The standard InChI is InChI=1S/C28H20F3N3/c1-27(2,28(29,30)31)15-16-10-11-18-20-12-13-32-26-25(20)33(23(18)14-16)22-9-5-7-19-17-6-3-4-8-21(17)34(26)24(19)22/h3-14H,15H2,1-2H3. The molecular weight excluding hydrogens is 435 g/mol. The molecule has 3 nitrogen and oxygen atoms in total. The molecule has 0 aliphatic heterocycles. The molecular formula is C28H20F3N3. The summed E-state index contributed by atoms with van der Waals surface area (Å²) >= 11 is 0. The van der Waals surface area contributed by atoms with Crippen LogP contribution in [0.4, 0.5) is 13.2 Å². The highest BCUT2D eigenvalue weighted by molar-refractivity contribution is 6.20. The highest BCUT2D eigenvalue weighted by Gasteiger charge is 2.47. The van der Waals surface area contributed by atoms with Crippen LogP contribution < -0.4 is 0 Å². The molecule has 0 saturated carbocycles. The number of para-hydroxylation sites is 2. The Morgan fingerprint density at radius 3 is 2.24 bits per heavy atom. The lowest BCUT2D eigenvalue weighted by Crippen LogP contribution is -2.34. The molecule has 0 bridgehead atoms. The van der Waals surface area contributed by atoms with Crippen LogP contribution >= 0.6 is 0 Å². The summed E-state index contributed by atoms with van der Waals surface area (Å²) in [5.41, 5.74) is 4.76. The molecule has 0 fully saturated rings. The number of fused-ring (bicyclic) bond motifs is 8. The van der Waals surface area contributed by atoms with E-state index in [1.807, 2.05) is 48.7 Å². The zero-order valence-corrected chi connectivity index (χ0v) is 18.6. The van der Waals surface area contributed by atoms with Crippen molar-refractivity contribution in [3.8, 4) is 0 Å². The average molecular weight is 455 g/mol. The lowest BCUT2D eigenvalue weighted by Gasteiger charge is -2.27. The summed E-state index contributed by atoms with van der Waals surface area (Å²) in [6.45, 7) is 2.52. The summed E-state index contributed by atoms with van der Waals surface area (Å²) < 4.78 is 45.2. The fraction of sp³-hybridized carbons (Fsp3) is 0.179. The van der Waals surface area contributed by atoms with E-state index in [2.05, 4.69) is 33.1 Å².